The molecule has 0 bridgehead atoms. The Bertz CT molecular complexity index is 703. The molecule has 0 aromatic heterocycles. The summed E-state index contributed by atoms with van der Waals surface area (Å²) in [4.78, 5) is 28.3. The highest BCUT2D eigenvalue weighted by Gasteiger charge is 2.29. The number of benzene rings is 1. The largest absolute Gasteiger partial charge is 0.378 e. The Balaban J connectivity index is 1.45. The lowest BCUT2D eigenvalue weighted by atomic mass is 9.86. The molecular weight excluding hydrogens is 380 g/mol. The van der Waals surface area contributed by atoms with Crippen LogP contribution < -0.4 is 20.4 Å². The van der Waals surface area contributed by atoms with Gasteiger partial charge in [0.25, 0.3) is 11.8 Å². The first-order valence-corrected chi connectivity index (χ1v) is 11.3. The highest BCUT2D eigenvalue weighted by molar-refractivity contribution is 5.91. The lowest BCUT2D eigenvalue weighted by Gasteiger charge is -2.31. The average molecular weight is 418 g/mol. The Hall–Kier alpha value is -2.12. The van der Waals surface area contributed by atoms with Gasteiger partial charge < -0.3 is 25.2 Å². The monoisotopic (exact) mass is 417 g/mol. The maximum Gasteiger partial charge on any atom is 0.279 e. The molecule has 7 nitrogen and oxygen atoms in total. The van der Waals surface area contributed by atoms with Crippen LogP contribution in [-0.4, -0.2) is 63.8 Å². The molecule has 1 saturated carbocycles. The number of rotatable bonds is 7. The molecule has 0 radical (unpaired) electrons. The van der Waals surface area contributed by atoms with Gasteiger partial charge in [0.05, 0.1) is 20.3 Å². The van der Waals surface area contributed by atoms with Crippen LogP contribution in [0.4, 0.5) is 11.4 Å². The maximum absolute atomic E-state index is 12.6. The van der Waals surface area contributed by atoms with Gasteiger partial charge in [-0.25, -0.2) is 0 Å². The van der Waals surface area contributed by atoms with E-state index in [1.54, 1.807) is 0 Å². The molecule has 1 aliphatic carbocycles. The SMILES string of the molecule is C[C@H](C(=O)N[C@@H]1CCCC[C@@H]1C)[NH+](C)CC(=O)Nc1ccc(N2CCOCC2)cc1. The smallest absolute Gasteiger partial charge is 0.279 e. The second kappa shape index (κ2) is 10.8. The van der Waals surface area contributed by atoms with Crippen LogP contribution in [0.1, 0.15) is 39.5 Å². The molecule has 2 aliphatic rings. The van der Waals surface area contributed by atoms with Crippen molar-refractivity contribution in [1.82, 2.24) is 5.32 Å². The number of likely N-dealkylation sites (N-methyl/N-ethyl adjacent to an activating group) is 1. The van der Waals surface area contributed by atoms with Crippen LogP contribution in [0.15, 0.2) is 24.3 Å². The van der Waals surface area contributed by atoms with Gasteiger partial charge in [-0.15, -0.1) is 0 Å². The lowest BCUT2D eigenvalue weighted by Crippen LogP contribution is -3.15. The molecule has 166 valence electrons. The fourth-order valence-electron chi connectivity index (χ4n) is 4.25. The fraction of sp³-hybridized carbons (Fsp3) is 0.652. The second-order valence-electron chi connectivity index (χ2n) is 8.82. The van der Waals surface area contributed by atoms with E-state index in [9.17, 15) is 9.59 Å². The van der Waals surface area contributed by atoms with Gasteiger partial charge in [0, 0.05) is 30.5 Å². The number of hydrogen-bond acceptors (Lipinski definition) is 4. The van der Waals surface area contributed by atoms with Crippen molar-refractivity contribution in [3.8, 4) is 0 Å². The summed E-state index contributed by atoms with van der Waals surface area (Å²) >= 11 is 0. The van der Waals surface area contributed by atoms with Crippen molar-refractivity contribution in [2.24, 2.45) is 5.92 Å². The zero-order valence-corrected chi connectivity index (χ0v) is 18.6. The molecule has 1 saturated heterocycles. The molecule has 3 rings (SSSR count). The van der Waals surface area contributed by atoms with Gasteiger partial charge in [-0.05, 0) is 49.9 Å². The van der Waals surface area contributed by atoms with Gasteiger partial charge in [0.2, 0.25) is 0 Å². The summed E-state index contributed by atoms with van der Waals surface area (Å²) in [5, 5.41) is 6.16. The summed E-state index contributed by atoms with van der Waals surface area (Å²) in [6.07, 6.45) is 4.66. The molecule has 2 fully saturated rings. The first kappa shape index (κ1) is 22.6. The van der Waals surface area contributed by atoms with Crippen LogP contribution in [0.2, 0.25) is 0 Å². The summed E-state index contributed by atoms with van der Waals surface area (Å²) in [7, 11) is 1.90. The minimum atomic E-state index is -0.270. The number of morpholine rings is 1. The Morgan fingerprint density at radius 2 is 1.83 bits per heavy atom. The highest BCUT2D eigenvalue weighted by atomic mass is 16.5. The first-order valence-electron chi connectivity index (χ1n) is 11.3. The normalized spacial score (nSPS) is 24.0. The molecule has 1 aromatic rings. The molecule has 2 amide bonds. The molecule has 7 heteroatoms. The maximum atomic E-state index is 12.6. The third-order valence-corrected chi connectivity index (χ3v) is 6.54. The van der Waals surface area contributed by atoms with Gasteiger partial charge in [0.15, 0.2) is 12.6 Å². The molecule has 30 heavy (non-hydrogen) atoms. The number of carbonyl (C=O) groups excluding carboxylic acids is 2. The number of quaternary nitrogens is 1. The first-order chi connectivity index (χ1) is 14.4. The van der Waals surface area contributed by atoms with Crippen molar-refractivity contribution in [2.45, 2.75) is 51.6 Å². The van der Waals surface area contributed by atoms with Gasteiger partial charge in [-0.2, -0.15) is 0 Å². The van der Waals surface area contributed by atoms with Gasteiger partial charge in [-0.1, -0.05) is 19.8 Å². The molecule has 1 unspecified atom stereocenters. The third-order valence-electron chi connectivity index (χ3n) is 6.54. The predicted octanol–water partition coefficient (Wildman–Crippen LogP) is 1.06. The zero-order valence-electron chi connectivity index (χ0n) is 18.6. The molecule has 0 spiro atoms. The Labute approximate surface area is 180 Å². The van der Waals surface area contributed by atoms with Crippen molar-refractivity contribution in [3.63, 3.8) is 0 Å². The van der Waals surface area contributed by atoms with Crippen LogP contribution in [-0.2, 0) is 14.3 Å². The molecule has 1 aliphatic heterocycles. The highest BCUT2D eigenvalue weighted by Crippen LogP contribution is 2.23. The summed E-state index contributed by atoms with van der Waals surface area (Å²) < 4.78 is 5.39. The quantitative estimate of drug-likeness (QED) is 0.620. The Kier molecular flexibility index (Phi) is 8.10. The standard InChI is InChI=1S/C23H36N4O3/c1-17-6-4-5-7-21(17)25-23(29)18(2)26(3)16-22(28)24-19-8-10-20(11-9-19)27-12-14-30-15-13-27/h8-11,17-18,21H,4-7,12-16H2,1-3H3,(H,24,28)(H,25,29)/p+1/t17-,18+,21+/m0/s1. The van der Waals surface area contributed by atoms with Gasteiger partial charge >= 0.3 is 0 Å². The Morgan fingerprint density at radius 1 is 1.17 bits per heavy atom. The van der Waals surface area contributed by atoms with Crippen molar-refractivity contribution in [1.29, 1.82) is 0 Å². The van der Waals surface area contributed by atoms with E-state index >= 15 is 0 Å². The van der Waals surface area contributed by atoms with E-state index < -0.39 is 0 Å². The summed E-state index contributed by atoms with van der Waals surface area (Å²) in [5.74, 6) is 0.477. The number of nitrogens with zero attached hydrogens (tertiary/aromatic N) is 1. The van der Waals surface area contributed by atoms with E-state index in [4.69, 9.17) is 4.74 Å². The molecule has 4 atom stereocenters. The zero-order chi connectivity index (χ0) is 21.5. The van der Waals surface area contributed by atoms with Crippen molar-refractivity contribution in [3.05, 3.63) is 24.3 Å². The molecule has 3 N–H and O–H groups in total. The van der Waals surface area contributed by atoms with Crippen LogP contribution in [0.25, 0.3) is 0 Å². The van der Waals surface area contributed by atoms with Crippen molar-refractivity contribution >= 4 is 23.2 Å². The fourth-order valence-corrected chi connectivity index (χ4v) is 4.25. The van der Waals surface area contributed by atoms with E-state index in [0.29, 0.717) is 5.92 Å². The molecule has 1 aromatic carbocycles. The van der Waals surface area contributed by atoms with Crippen molar-refractivity contribution in [2.75, 3.05) is 50.1 Å². The number of carbonyl (C=O) groups is 2. The topological polar surface area (TPSA) is 75.1 Å². The van der Waals surface area contributed by atoms with Gasteiger partial charge in [-0.3, -0.25) is 9.59 Å². The van der Waals surface area contributed by atoms with Crippen LogP contribution in [0, 0.1) is 5.92 Å². The van der Waals surface area contributed by atoms with E-state index in [1.165, 1.54) is 19.3 Å². The van der Waals surface area contributed by atoms with Crippen LogP contribution in [0.5, 0.6) is 0 Å². The van der Waals surface area contributed by atoms with E-state index in [1.807, 2.05) is 38.2 Å². The van der Waals surface area contributed by atoms with E-state index in [-0.39, 0.29) is 30.4 Å². The Morgan fingerprint density at radius 3 is 2.50 bits per heavy atom. The minimum absolute atomic E-state index is 0.0360. The summed E-state index contributed by atoms with van der Waals surface area (Å²) in [6.45, 7) is 7.63. The molecule has 1 heterocycles. The number of ether oxygens (including phenoxy) is 1. The van der Waals surface area contributed by atoms with Crippen LogP contribution >= 0.6 is 0 Å². The number of anilines is 2. The average Bonchev–Trinajstić information content (AvgIpc) is 2.75. The van der Waals surface area contributed by atoms with Crippen molar-refractivity contribution < 1.29 is 19.2 Å². The van der Waals surface area contributed by atoms with E-state index in [2.05, 4.69) is 22.5 Å². The molecular formula is C23H37N4O3+. The van der Waals surface area contributed by atoms with Gasteiger partial charge in [0.1, 0.15) is 0 Å². The van der Waals surface area contributed by atoms with E-state index in [0.717, 1.165) is 49.0 Å². The number of nitrogens with one attached hydrogen (secondary N) is 3. The lowest BCUT2D eigenvalue weighted by molar-refractivity contribution is -0.885. The number of hydrogen-bond donors (Lipinski definition) is 3. The summed E-state index contributed by atoms with van der Waals surface area (Å²) in [6, 6.07) is 7.91. The number of amides is 2. The predicted molar refractivity (Wildman–Crippen MR) is 119 cm³/mol. The third kappa shape index (κ3) is 6.19. The summed E-state index contributed by atoms with van der Waals surface area (Å²) in [5.41, 5.74) is 1.92. The second-order valence-corrected chi connectivity index (χ2v) is 8.82. The van der Waals surface area contributed by atoms with Crippen LogP contribution in [0.3, 0.4) is 0 Å². The minimum Gasteiger partial charge on any atom is -0.378 e.